The zero-order valence-electron chi connectivity index (χ0n) is 14.1. The average Bonchev–Trinajstić information content (AvgIpc) is 2.77. The smallest absolute Gasteiger partial charge is 0.353 e. The molecule has 0 aromatic rings. The second-order valence-corrected chi connectivity index (χ2v) is 7.25. The number of carbonyl (C=O) groups excluding carboxylic acids is 2. The van der Waals surface area contributed by atoms with Gasteiger partial charge in [0.2, 0.25) is 11.8 Å². The molecule has 2 rings (SSSR count). The molecular formula is C16H21N3O5S. The van der Waals surface area contributed by atoms with E-state index >= 15 is 0 Å². The van der Waals surface area contributed by atoms with Gasteiger partial charge in [-0.3, -0.25) is 9.59 Å². The van der Waals surface area contributed by atoms with Crippen LogP contribution in [0.3, 0.4) is 0 Å². The van der Waals surface area contributed by atoms with Gasteiger partial charge in [0.05, 0.1) is 24.1 Å². The monoisotopic (exact) mass is 367 g/mol. The molecule has 0 aromatic heterocycles. The van der Waals surface area contributed by atoms with Gasteiger partial charge in [0.1, 0.15) is 5.70 Å². The van der Waals surface area contributed by atoms with Crippen molar-refractivity contribution in [1.29, 1.82) is 5.26 Å². The number of nitrogens with zero attached hydrogens (tertiary/aromatic N) is 2. The van der Waals surface area contributed by atoms with Gasteiger partial charge in [-0.05, 0) is 13.3 Å². The summed E-state index contributed by atoms with van der Waals surface area (Å²) in [6.45, 7) is 3.26. The summed E-state index contributed by atoms with van der Waals surface area (Å²) in [6, 6.07) is 1.59. The summed E-state index contributed by atoms with van der Waals surface area (Å²) >= 11 is 1.26. The topological polar surface area (TPSA) is 131 Å². The molecule has 0 aromatic carbocycles. The van der Waals surface area contributed by atoms with Gasteiger partial charge in [0.15, 0.2) is 0 Å². The first-order chi connectivity index (χ1) is 11.8. The molecule has 9 heteroatoms. The van der Waals surface area contributed by atoms with E-state index in [1.807, 2.05) is 6.07 Å². The molecule has 2 aliphatic heterocycles. The fourth-order valence-electron chi connectivity index (χ4n) is 3.46. The van der Waals surface area contributed by atoms with Crippen molar-refractivity contribution in [2.75, 3.05) is 12.3 Å². The highest BCUT2D eigenvalue weighted by molar-refractivity contribution is 8.03. The first-order valence-electron chi connectivity index (χ1n) is 8.04. The van der Waals surface area contributed by atoms with E-state index in [9.17, 15) is 24.6 Å². The fourth-order valence-corrected chi connectivity index (χ4v) is 4.67. The molecule has 1 fully saturated rings. The second-order valence-electron chi connectivity index (χ2n) is 6.12. The van der Waals surface area contributed by atoms with Crippen LogP contribution in [0.5, 0.6) is 0 Å². The highest BCUT2D eigenvalue weighted by Gasteiger charge is 2.60. The van der Waals surface area contributed by atoms with Crippen molar-refractivity contribution in [2.24, 2.45) is 11.8 Å². The summed E-state index contributed by atoms with van der Waals surface area (Å²) in [7, 11) is 0. The number of carboxylic acid groups (broad SMARTS) is 1. The molecule has 0 aliphatic carbocycles. The minimum absolute atomic E-state index is 0.0531. The average molecular weight is 367 g/mol. The molecule has 2 heterocycles. The highest BCUT2D eigenvalue weighted by atomic mass is 32.2. The largest absolute Gasteiger partial charge is 0.477 e. The van der Waals surface area contributed by atoms with Crippen molar-refractivity contribution in [3.8, 4) is 6.07 Å². The number of β-lactam (4-membered cyclic amide) rings is 1. The Hall–Kier alpha value is -2.05. The number of nitriles is 1. The van der Waals surface area contributed by atoms with Crippen LogP contribution in [0.4, 0.5) is 0 Å². The number of thioether (sulfide) groups is 1. The minimum atomic E-state index is -1.19. The van der Waals surface area contributed by atoms with Gasteiger partial charge in [-0.2, -0.15) is 5.26 Å². The molecule has 136 valence electrons. The maximum absolute atomic E-state index is 12.3. The third kappa shape index (κ3) is 3.65. The van der Waals surface area contributed by atoms with Gasteiger partial charge in [-0.25, -0.2) is 4.79 Å². The lowest BCUT2D eigenvalue weighted by atomic mass is 9.77. The van der Waals surface area contributed by atoms with E-state index in [0.717, 1.165) is 0 Å². The van der Waals surface area contributed by atoms with Gasteiger partial charge < -0.3 is 20.4 Å². The summed E-state index contributed by atoms with van der Waals surface area (Å²) in [5.41, 5.74) is -0.0531. The van der Waals surface area contributed by atoms with E-state index in [4.69, 9.17) is 5.26 Å². The molecule has 4 atom stereocenters. The molecule has 2 amide bonds. The molecule has 0 saturated carbocycles. The van der Waals surface area contributed by atoms with Crippen LogP contribution in [0.1, 0.15) is 26.7 Å². The highest BCUT2D eigenvalue weighted by Crippen LogP contribution is 2.51. The maximum Gasteiger partial charge on any atom is 0.353 e. The van der Waals surface area contributed by atoms with Crippen molar-refractivity contribution in [2.45, 2.75) is 38.8 Å². The second kappa shape index (κ2) is 7.89. The van der Waals surface area contributed by atoms with Gasteiger partial charge in [0.25, 0.3) is 0 Å². The first-order valence-corrected chi connectivity index (χ1v) is 9.02. The standard InChI is InChI=1S/C16H21N3O5S/c1-8(20)11-12-10(4-6-18-9(2)21)14(25-7-3-5-17)13(16(23)24)19(12)15(11)22/h8,10-12,20H,3-4,6-7H2,1-2H3,(H,18,21)(H,23,24)/t8-,10-,11-,12-/m1/s1. The Morgan fingerprint density at radius 3 is 2.68 bits per heavy atom. The third-order valence-corrected chi connectivity index (χ3v) is 5.65. The Kier molecular flexibility index (Phi) is 6.08. The van der Waals surface area contributed by atoms with Gasteiger partial charge >= 0.3 is 5.97 Å². The van der Waals surface area contributed by atoms with Gasteiger partial charge in [-0.1, -0.05) is 0 Å². The van der Waals surface area contributed by atoms with Crippen LogP contribution in [0, 0.1) is 23.2 Å². The molecule has 0 radical (unpaired) electrons. The first kappa shape index (κ1) is 19.3. The molecule has 2 aliphatic rings. The van der Waals surface area contributed by atoms with Crippen LogP contribution in [0.2, 0.25) is 0 Å². The van der Waals surface area contributed by atoms with E-state index in [-0.39, 0.29) is 23.9 Å². The number of nitrogens with one attached hydrogen (secondary N) is 1. The number of amides is 2. The lowest BCUT2D eigenvalue weighted by Crippen LogP contribution is -2.64. The summed E-state index contributed by atoms with van der Waals surface area (Å²) < 4.78 is 0. The maximum atomic E-state index is 12.3. The minimum Gasteiger partial charge on any atom is -0.477 e. The molecule has 0 bridgehead atoms. The summed E-state index contributed by atoms with van der Waals surface area (Å²) in [5.74, 6) is -2.27. The number of carbonyl (C=O) groups is 3. The van der Waals surface area contributed by atoms with E-state index in [0.29, 0.717) is 23.6 Å². The molecule has 25 heavy (non-hydrogen) atoms. The third-order valence-electron chi connectivity index (χ3n) is 4.43. The number of aliphatic hydroxyl groups is 1. The molecule has 3 N–H and O–H groups in total. The lowest BCUT2D eigenvalue weighted by Gasteiger charge is -2.47. The summed E-state index contributed by atoms with van der Waals surface area (Å²) in [4.78, 5) is 37.0. The predicted molar refractivity (Wildman–Crippen MR) is 89.9 cm³/mol. The molecular weight excluding hydrogens is 346 g/mol. The molecule has 8 nitrogen and oxygen atoms in total. The number of hydrogen-bond acceptors (Lipinski definition) is 6. The van der Waals surface area contributed by atoms with E-state index < -0.39 is 29.9 Å². The Morgan fingerprint density at radius 1 is 1.48 bits per heavy atom. The van der Waals surface area contributed by atoms with Crippen molar-refractivity contribution in [3.05, 3.63) is 10.6 Å². The van der Waals surface area contributed by atoms with E-state index in [1.165, 1.54) is 30.5 Å². The fraction of sp³-hybridized carbons (Fsp3) is 0.625. The zero-order valence-corrected chi connectivity index (χ0v) is 14.9. The van der Waals surface area contributed by atoms with E-state index in [2.05, 4.69) is 5.32 Å². The number of rotatable bonds is 8. The lowest BCUT2D eigenvalue weighted by molar-refractivity contribution is -0.163. The van der Waals surface area contributed by atoms with Crippen LogP contribution in [-0.2, 0) is 14.4 Å². The number of hydrogen-bond donors (Lipinski definition) is 3. The van der Waals surface area contributed by atoms with Crippen molar-refractivity contribution in [1.82, 2.24) is 10.2 Å². The van der Waals surface area contributed by atoms with Crippen molar-refractivity contribution >= 4 is 29.5 Å². The molecule has 0 unspecified atom stereocenters. The van der Waals surface area contributed by atoms with Gasteiger partial charge in [-0.15, -0.1) is 11.8 Å². The Balaban J connectivity index is 2.30. The molecule has 1 saturated heterocycles. The van der Waals surface area contributed by atoms with Crippen LogP contribution < -0.4 is 5.32 Å². The van der Waals surface area contributed by atoms with Crippen LogP contribution >= 0.6 is 11.8 Å². The number of fused-ring (bicyclic) bond motifs is 1. The van der Waals surface area contributed by atoms with Gasteiger partial charge in [0, 0.05) is 36.5 Å². The summed E-state index contributed by atoms with van der Waals surface area (Å²) in [6.07, 6.45) is -0.156. The quantitative estimate of drug-likeness (QED) is 0.415. The van der Waals surface area contributed by atoms with E-state index in [1.54, 1.807) is 0 Å². The zero-order chi connectivity index (χ0) is 18.7. The number of carboxylic acids is 1. The Labute approximate surface area is 149 Å². The normalized spacial score (nSPS) is 25.9. The predicted octanol–water partition coefficient (Wildman–Crippen LogP) is 0.293. The van der Waals surface area contributed by atoms with Crippen LogP contribution in [-0.4, -0.2) is 57.3 Å². The van der Waals surface area contributed by atoms with Crippen molar-refractivity contribution < 1.29 is 24.6 Å². The SMILES string of the molecule is CC(=O)NCC[C@H]1C(SCCC#N)=C(C(=O)O)N2C(=O)[C@H]([C@@H](C)O)[C@@H]12. The Bertz CT molecular complexity index is 655. The Morgan fingerprint density at radius 2 is 2.16 bits per heavy atom. The summed E-state index contributed by atoms with van der Waals surface area (Å²) in [5, 5.41) is 30.9. The molecule has 0 spiro atoms. The number of aliphatic carboxylic acids is 1. The van der Waals surface area contributed by atoms with Crippen LogP contribution in [0.25, 0.3) is 0 Å². The van der Waals surface area contributed by atoms with Crippen LogP contribution in [0.15, 0.2) is 10.6 Å². The number of aliphatic hydroxyl groups excluding tert-OH is 1. The van der Waals surface area contributed by atoms with Crippen molar-refractivity contribution in [3.63, 3.8) is 0 Å².